The molecule has 3 aromatic rings. The summed E-state index contributed by atoms with van der Waals surface area (Å²) in [6, 6.07) is 10.3. The minimum atomic E-state index is 0.306. The summed E-state index contributed by atoms with van der Waals surface area (Å²) >= 11 is 1.80. The van der Waals surface area contributed by atoms with E-state index < -0.39 is 0 Å². The van der Waals surface area contributed by atoms with Crippen LogP contribution in [0, 0.1) is 0 Å². The van der Waals surface area contributed by atoms with Crippen LogP contribution in [0.25, 0.3) is 11.2 Å². The van der Waals surface area contributed by atoms with Crippen LogP contribution in [0.15, 0.2) is 41.6 Å². The summed E-state index contributed by atoms with van der Waals surface area (Å²) in [5, 5.41) is 0. The Morgan fingerprint density at radius 2 is 2.00 bits per heavy atom. The van der Waals surface area contributed by atoms with Gasteiger partial charge in [0, 0.05) is 24.1 Å². The zero-order valence-corrected chi connectivity index (χ0v) is 12.0. The van der Waals surface area contributed by atoms with E-state index in [0.717, 1.165) is 29.0 Å². The highest BCUT2D eigenvalue weighted by Crippen LogP contribution is 2.20. The van der Waals surface area contributed by atoms with Crippen LogP contribution in [-0.4, -0.2) is 25.3 Å². The summed E-state index contributed by atoms with van der Waals surface area (Å²) in [5.41, 5.74) is 8.31. The second kappa shape index (κ2) is 5.50. The van der Waals surface area contributed by atoms with Gasteiger partial charge in [-0.2, -0.15) is 4.98 Å². The van der Waals surface area contributed by atoms with Gasteiger partial charge in [0.1, 0.15) is 5.52 Å². The third-order valence-corrected chi connectivity index (χ3v) is 4.01. The maximum absolute atomic E-state index is 5.77. The van der Waals surface area contributed by atoms with Crippen LogP contribution in [0.4, 0.5) is 5.95 Å². The quantitative estimate of drug-likeness (QED) is 0.745. The van der Waals surface area contributed by atoms with Crippen molar-refractivity contribution in [2.45, 2.75) is 11.3 Å². The first-order chi connectivity index (χ1) is 9.74. The summed E-state index contributed by atoms with van der Waals surface area (Å²) in [5.74, 6) is 1.24. The molecule has 0 atom stereocenters. The Bertz CT molecular complexity index is 723. The number of benzene rings is 1. The van der Waals surface area contributed by atoms with E-state index in [1.807, 2.05) is 29.8 Å². The first-order valence-corrected chi connectivity index (χ1v) is 7.34. The van der Waals surface area contributed by atoms with Gasteiger partial charge in [0.25, 0.3) is 0 Å². The largest absolute Gasteiger partial charge is 0.368 e. The van der Waals surface area contributed by atoms with Crippen molar-refractivity contribution in [2.24, 2.45) is 7.05 Å². The number of nitrogen functional groups attached to an aromatic ring is 1. The lowest BCUT2D eigenvalue weighted by Crippen LogP contribution is -2.03. The second-order valence-corrected chi connectivity index (χ2v) is 5.64. The molecule has 0 saturated carbocycles. The molecule has 3 rings (SSSR count). The fourth-order valence-corrected chi connectivity index (χ4v) is 2.92. The van der Waals surface area contributed by atoms with Gasteiger partial charge in [0.05, 0.1) is 12.0 Å². The zero-order chi connectivity index (χ0) is 13.9. The fourth-order valence-electron chi connectivity index (χ4n) is 2.04. The van der Waals surface area contributed by atoms with Gasteiger partial charge in [-0.1, -0.05) is 18.2 Å². The van der Waals surface area contributed by atoms with Gasteiger partial charge in [0.2, 0.25) is 5.95 Å². The molecule has 0 spiro atoms. The van der Waals surface area contributed by atoms with Crippen LogP contribution in [0.1, 0.15) is 5.69 Å². The van der Waals surface area contributed by atoms with Crippen molar-refractivity contribution < 1.29 is 0 Å². The molecule has 0 aliphatic rings. The van der Waals surface area contributed by atoms with Gasteiger partial charge < -0.3 is 10.3 Å². The van der Waals surface area contributed by atoms with Gasteiger partial charge in [-0.15, -0.1) is 11.8 Å². The van der Waals surface area contributed by atoms with E-state index in [-0.39, 0.29) is 0 Å². The number of aromatic nitrogens is 4. The summed E-state index contributed by atoms with van der Waals surface area (Å²) in [4.78, 5) is 14.2. The molecule has 2 aromatic heterocycles. The van der Waals surface area contributed by atoms with Crippen molar-refractivity contribution in [3.05, 3.63) is 42.4 Å². The first kappa shape index (κ1) is 12.9. The summed E-state index contributed by atoms with van der Waals surface area (Å²) in [7, 11) is 1.91. The summed E-state index contributed by atoms with van der Waals surface area (Å²) in [6.45, 7) is 0. The summed E-state index contributed by atoms with van der Waals surface area (Å²) < 4.78 is 1.86. The maximum atomic E-state index is 5.77. The Balaban J connectivity index is 1.77. The zero-order valence-electron chi connectivity index (χ0n) is 11.2. The second-order valence-electron chi connectivity index (χ2n) is 4.47. The van der Waals surface area contributed by atoms with Crippen molar-refractivity contribution in [1.82, 2.24) is 19.5 Å². The highest BCUT2D eigenvalue weighted by Gasteiger charge is 2.10. The molecule has 0 radical (unpaired) electrons. The Morgan fingerprint density at radius 3 is 2.80 bits per heavy atom. The van der Waals surface area contributed by atoms with E-state index in [1.54, 1.807) is 18.1 Å². The lowest BCUT2D eigenvalue weighted by molar-refractivity contribution is 0.927. The molecule has 0 amide bonds. The van der Waals surface area contributed by atoms with Crippen LogP contribution in [-0.2, 0) is 13.5 Å². The number of fused-ring (bicyclic) bond motifs is 1. The van der Waals surface area contributed by atoms with Crippen molar-refractivity contribution in [3.8, 4) is 0 Å². The number of hydrogen-bond donors (Lipinski definition) is 1. The molecule has 0 fully saturated rings. The molecule has 0 unspecified atom stereocenters. The molecule has 0 bridgehead atoms. The topological polar surface area (TPSA) is 69.6 Å². The maximum Gasteiger partial charge on any atom is 0.222 e. The Labute approximate surface area is 121 Å². The molecule has 1 aromatic carbocycles. The van der Waals surface area contributed by atoms with Crippen molar-refractivity contribution >= 4 is 28.9 Å². The molecule has 2 N–H and O–H groups in total. The van der Waals surface area contributed by atoms with Crippen LogP contribution < -0.4 is 5.73 Å². The molecule has 0 aliphatic heterocycles. The lowest BCUT2D eigenvalue weighted by atomic mass is 10.3. The van der Waals surface area contributed by atoms with E-state index in [4.69, 9.17) is 5.73 Å². The van der Waals surface area contributed by atoms with Crippen LogP contribution in [0.5, 0.6) is 0 Å². The molecule has 5 nitrogen and oxygen atoms in total. The molecule has 6 heteroatoms. The normalized spacial score (nSPS) is 11.1. The van der Waals surface area contributed by atoms with Crippen molar-refractivity contribution in [2.75, 3.05) is 11.5 Å². The van der Waals surface area contributed by atoms with Gasteiger partial charge in [-0.3, -0.25) is 0 Å². The minimum absolute atomic E-state index is 0.306. The predicted octanol–water partition coefficient (Wildman–Crippen LogP) is 2.28. The molecule has 2 heterocycles. The number of thioether (sulfide) groups is 1. The average molecular weight is 285 g/mol. The highest BCUT2D eigenvalue weighted by molar-refractivity contribution is 7.99. The minimum Gasteiger partial charge on any atom is -0.368 e. The van der Waals surface area contributed by atoms with E-state index in [1.165, 1.54) is 4.90 Å². The summed E-state index contributed by atoms with van der Waals surface area (Å²) in [6.07, 6.45) is 2.56. The van der Waals surface area contributed by atoms with Gasteiger partial charge in [-0.05, 0) is 12.1 Å². The average Bonchev–Trinajstić information content (AvgIpc) is 2.82. The lowest BCUT2D eigenvalue weighted by Gasteiger charge is -2.04. The standard InChI is InChI=1S/C14H15N5S/c1-19-9-16-12-11(17-14(15)18-13(12)19)7-8-20-10-5-3-2-4-6-10/h2-6,9H,7-8H2,1H3,(H2,15,17,18). The van der Waals surface area contributed by atoms with Gasteiger partial charge in [-0.25, -0.2) is 9.97 Å². The van der Waals surface area contributed by atoms with Crippen molar-refractivity contribution in [1.29, 1.82) is 0 Å². The van der Waals surface area contributed by atoms with E-state index in [2.05, 4.69) is 27.1 Å². The van der Waals surface area contributed by atoms with Gasteiger partial charge >= 0.3 is 0 Å². The number of aryl methyl sites for hydroxylation is 2. The third-order valence-electron chi connectivity index (χ3n) is 3.00. The monoisotopic (exact) mass is 285 g/mol. The number of anilines is 1. The van der Waals surface area contributed by atoms with Crippen LogP contribution in [0.2, 0.25) is 0 Å². The smallest absolute Gasteiger partial charge is 0.222 e. The fraction of sp³-hybridized carbons (Fsp3) is 0.214. The number of nitrogens with two attached hydrogens (primary N) is 1. The van der Waals surface area contributed by atoms with E-state index in [9.17, 15) is 0 Å². The molecular weight excluding hydrogens is 270 g/mol. The first-order valence-electron chi connectivity index (χ1n) is 6.35. The van der Waals surface area contributed by atoms with E-state index >= 15 is 0 Å². The Morgan fingerprint density at radius 1 is 1.20 bits per heavy atom. The number of hydrogen-bond acceptors (Lipinski definition) is 5. The molecular formula is C14H15N5S. The van der Waals surface area contributed by atoms with Crippen LogP contribution >= 0.6 is 11.8 Å². The Kier molecular flexibility index (Phi) is 3.56. The van der Waals surface area contributed by atoms with Crippen molar-refractivity contribution in [3.63, 3.8) is 0 Å². The third kappa shape index (κ3) is 2.60. The SMILES string of the molecule is Cn1cnc2c(CCSc3ccccc3)nc(N)nc21. The number of imidazole rings is 1. The number of rotatable bonds is 4. The highest BCUT2D eigenvalue weighted by atomic mass is 32.2. The van der Waals surface area contributed by atoms with Gasteiger partial charge in [0.15, 0.2) is 5.65 Å². The molecule has 0 aliphatic carbocycles. The molecule has 0 saturated heterocycles. The number of nitrogens with zero attached hydrogens (tertiary/aromatic N) is 4. The van der Waals surface area contributed by atoms with E-state index in [0.29, 0.717) is 5.95 Å². The molecule has 20 heavy (non-hydrogen) atoms. The van der Waals surface area contributed by atoms with Crippen LogP contribution in [0.3, 0.4) is 0 Å². The predicted molar refractivity (Wildman–Crippen MR) is 81.6 cm³/mol. The Hall–Kier alpha value is -2.08. The molecule has 102 valence electrons.